The minimum absolute atomic E-state index is 0.00761. The molecule has 0 radical (unpaired) electrons. The second kappa shape index (κ2) is 7.95. The molecule has 2 rings (SSSR count). The lowest BCUT2D eigenvalue weighted by atomic mass is 10.2. The van der Waals surface area contributed by atoms with Gasteiger partial charge in [0, 0.05) is 18.0 Å². The predicted octanol–water partition coefficient (Wildman–Crippen LogP) is 3.40. The van der Waals surface area contributed by atoms with Crippen LogP contribution in [0, 0.1) is 19.7 Å². The van der Waals surface area contributed by atoms with Crippen LogP contribution in [-0.4, -0.2) is 20.9 Å². The molecule has 0 saturated heterocycles. The van der Waals surface area contributed by atoms with E-state index >= 15 is 0 Å². The van der Waals surface area contributed by atoms with Gasteiger partial charge in [0.25, 0.3) is 0 Å². The Kier molecular flexibility index (Phi) is 6.16. The van der Waals surface area contributed by atoms with Gasteiger partial charge in [-0.1, -0.05) is 23.7 Å². The van der Waals surface area contributed by atoms with Crippen LogP contribution in [0.5, 0.6) is 0 Å². The zero-order valence-electron chi connectivity index (χ0n) is 13.8. The fourth-order valence-electron chi connectivity index (χ4n) is 2.18. The summed E-state index contributed by atoms with van der Waals surface area (Å²) in [5.41, 5.74) is 1.43. The maximum absolute atomic E-state index is 13.6. The van der Waals surface area contributed by atoms with Crippen molar-refractivity contribution in [1.29, 1.82) is 0 Å². The standard InChI is InChI=1S/C17H18ClFN2O3S/c1-11-3-4-12(2)16(9-11)25(23,24)20-8-7-17(22)21-15-6-5-13(18)10-14(15)19/h3-6,9-10,20H,7-8H2,1-2H3,(H,21,22). The van der Waals surface area contributed by atoms with Crippen LogP contribution < -0.4 is 10.0 Å². The van der Waals surface area contributed by atoms with Crippen molar-refractivity contribution in [1.82, 2.24) is 4.72 Å². The second-order valence-electron chi connectivity index (χ2n) is 5.59. The average molecular weight is 385 g/mol. The first-order chi connectivity index (χ1) is 11.7. The first-order valence-corrected chi connectivity index (χ1v) is 9.37. The highest BCUT2D eigenvalue weighted by atomic mass is 35.5. The van der Waals surface area contributed by atoms with Gasteiger partial charge in [0.15, 0.2) is 0 Å². The molecule has 25 heavy (non-hydrogen) atoms. The molecule has 0 spiro atoms. The van der Waals surface area contributed by atoms with Crippen molar-refractivity contribution in [2.45, 2.75) is 25.2 Å². The van der Waals surface area contributed by atoms with Crippen LogP contribution in [0.25, 0.3) is 0 Å². The van der Waals surface area contributed by atoms with Gasteiger partial charge in [-0.2, -0.15) is 0 Å². The van der Waals surface area contributed by atoms with Crippen LogP contribution in [-0.2, 0) is 14.8 Å². The van der Waals surface area contributed by atoms with Gasteiger partial charge in [-0.15, -0.1) is 0 Å². The smallest absolute Gasteiger partial charge is 0.240 e. The molecular weight excluding hydrogens is 367 g/mol. The van der Waals surface area contributed by atoms with E-state index < -0.39 is 21.7 Å². The number of hydrogen-bond acceptors (Lipinski definition) is 3. The summed E-state index contributed by atoms with van der Waals surface area (Å²) in [6.45, 7) is 3.40. The Morgan fingerprint density at radius 3 is 2.56 bits per heavy atom. The molecule has 0 aliphatic heterocycles. The summed E-state index contributed by atoms with van der Waals surface area (Å²) in [5.74, 6) is -1.17. The molecular formula is C17H18ClFN2O3S. The number of carbonyl (C=O) groups excluding carboxylic acids is 1. The molecule has 0 saturated carbocycles. The maximum atomic E-state index is 13.6. The van der Waals surface area contributed by atoms with Crippen LogP contribution in [0.2, 0.25) is 5.02 Å². The molecule has 5 nitrogen and oxygen atoms in total. The van der Waals surface area contributed by atoms with Crippen molar-refractivity contribution >= 4 is 33.2 Å². The molecule has 134 valence electrons. The Balaban J connectivity index is 1.95. The molecule has 2 aromatic carbocycles. The van der Waals surface area contributed by atoms with Crippen LogP contribution in [0.3, 0.4) is 0 Å². The number of sulfonamides is 1. The van der Waals surface area contributed by atoms with Gasteiger partial charge in [0.2, 0.25) is 15.9 Å². The predicted molar refractivity (Wildman–Crippen MR) is 95.8 cm³/mol. The Hall–Kier alpha value is -1.96. The summed E-state index contributed by atoms with van der Waals surface area (Å²) in [6.07, 6.45) is -0.133. The third kappa shape index (κ3) is 5.26. The largest absolute Gasteiger partial charge is 0.324 e. The maximum Gasteiger partial charge on any atom is 0.240 e. The number of nitrogens with one attached hydrogen (secondary N) is 2. The number of hydrogen-bond donors (Lipinski definition) is 2. The molecule has 0 aliphatic carbocycles. The summed E-state index contributed by atoms with van der Waals surface area (Å²) in [6, 6.07) is 8.99. The van der Waals surface area contributed by atoms with Gasteiger partial charge >= 0.3 is 0 Å². The highest BCUT2D eigenvalue weighted by Crippen LogP contribution is 2.19. The number of anilines is 1. The van der Waals surface area contributed by atoms with E-state index in [1.807, 2.05) is 6.07 Å². The number of rotatable bonds is 6. The van der Waals surface area contributed by atoms with E-state index in [0.717, 1.165) is 11.6 Å². The second-order valence-corrected chi connectivity index (χ2v) is 7.76. The molecule has 0 atom stereocenters. The molecule has 2 N–H and O–H groups in total. The lowest BCUT2D eigenvalue weighted by Crippen LogP contribution is -2.28. The summed E-state index contributed by atoms with van der Waals surface area (Å²) < 4.78 is 40.6. The zero-order chi connectivity index (χ0) is 18.6. The fraction of sp³-hybridized carbons (Fsp3) is 0.235. The number of benzene rings is 2. The molecule has 0 aliphatic rings. The van der Waals surface area contributed by atoms with Crippen LogP contribution in [0.4, 0.5) is 10.1 Å². The van der Waals surface area contributed by atoms with Crippen molar-refractivity contribution in [2.75, 3.05) is 11.9 Å². The van der Waals surface area contributed by atoms with Gasteiger partial charge in [0.1, 0.15) is 5.82 Å². The van der Waals surface area contributed by atoms with Gasteiger partial charge in [0.05, 0.1) is 10.6 Å². The molecule has 8 heteroatoms. The van der Waals surface area contributed by atoms with Gasteiger partial charge in [-0.25, -0.2) is 17.5 Å². The van der Waals surface area contributed by atoms with Crippen molar-refractivity contribution in [3.8, 4) is 0 Å². The quantitative estimate of drug-likeness (QED) is 0.801. The summed E-state index contributed by atoms with van der Waals surface area (Å²) in [7, 11) is -3.72. The van der Waals surface area contributed by atoms with E-state index in [1.54, 1.807) is 26.0 Å². The number of amides is 1. The fourth-order valence-corrected chi connectivity index (χ4v) is 3.70. The Morgan fingerprint density at radius 1 is 1.16 bits per heavy atom. The van der Waals surface area contributed by atoms with E-state index in [2.05, 4.69) is 10.0 Å². The van der Waals surface area contributed by atoms with Gasteiger partial charge < -0.3 is 5.32 Å². The molecule has 1 amide bonds. The monoisotopic (exact) mass is 384 g/mol. The van der Waals surface area contributed by atoms with Gasteiger partial charge in [-0.3, -0.25) is 4.79 Å². The summed E-state index contributed by atoms with van der Waals surface area (Å²) >= 11 is 5.64. The van der Waals surface area contributed by atoms with Crippen molar-refractivity contribution in [3.05, 3.63) is 58.4 Å². The highest BCUT2D eigenvalue weighted by Gasteiger charge is 2.17. The molecule has 0 aromatic heterocycles. The normalized spacial score (nSPS) is 11.4. The first kappa shape index (κ1) is 19.4. The minimum atomic E-state index is -3.72. The minimum Gasteiger partial charge on any atom is -0.324 e. The third-order valence-corrected chi connectivity index (χ3v) is 5.32. The third-order valence-electron chi connectivity index (χ3n) is 3.48. The SMILES string of the molecule is Cc1ccc(C)c(S(=O)(=O)NCCC(=O)Nc2ccc(Cl)cc2F)c1. The van der Waals surface area contributed by atoms with Gasteiger partial charge in [-0.05, 0) is 49.2 Å². The van der Waals surface area contributed by atoms with E-state index in [4.69, 9.17) is 11.6 Å². The van der Waals surface area contributed by atoms with E-state index in [0.29, 0.717) is 5.56 Å². The Bertz CT molecular complexity index is 901. The molecule has 0 fully saturated rings. The van der Waals surface area contributed by atoms with E-state index in [9.17, 15) is 17.6 Å². The van der Waals surface area contributed by atoms with Crippen LogP contribution in [0.1, 0.15) is 17.5 Å². The first-order valence-electron chi connectivity index (χ1n) is 7.51. The average Bonchev–Trinajstić information content (AvgIpc) is 2.52. The Morgan fingerprint density at radius 2 is 1.88 bits per heavy atom. The Labute approximate surface area is 151 Å². The molecule has 2 aromatic rings. The summed E-state index contributed by atoms with van der Waals surface area (Å²) in [5, 5.41) is 2.60. The topological polar surface area (TPSA) is 75.3 Å². The van der Waals surface area contributed by atoms with Crippen molar-refractivity contribution in [2.24, 2.45) is 0 Å². The van der Waals surface area contributed by atoms with Crippen molar-refractivity contribution in [3.63, 3.8) is 0 Å². The molecule has 0 unspecified atom stereocenters. The summed E-state index contributed by atoms with van der Waals surface area (Å²) in [4.78, 5) is 12.0. The zero-order valence-corrected chi connectivity index (χ0v) is 15.3. The number of halogens is 2. The van der Waals surface area contributed by atoms with E-state index in [-0.39, 0.29) is 28.6 Å². The number of carbonyl (C=O) groups is 1. The lowest BCUT2D eigenvalue weighted by Gasteiger charge is -2.10. The molecule has 0 bridgehead atoms. The highest BCUT2D eigenvalue weighted by molar-refractivity contribution is 7.89. The number of aryl methyl sites for hydroxylation is 2. The van der Waals surface area contributed by atoms with Crippen molar-refractivity contribution < 1.29 is 17.6 Å². The van der Waals surface area contributed by atoms with Crippen LogP contribution in [0.15, 0.2) is 41.3 Å². The van der Waals surface area contributed by atoms with Crippen LogP contribution >= 0.6 is 11.6 Å². The molecule has 0 heterocycles. The van der Waals surface area contributed by atoms with E-state index in [1.165, 1.54) is 12.1 Å². The lowest BCUT2D eigenvalue weighted by molar-refractivity contribution is -0.116.